The highest BCUT2D eigenvalue weighted by Gasteiger charge is 2.13. The maximum absolute atomic E-state index is 12.5. The van der Waals surface area contributed by atoms with Crippen molar-refractivity contribution in [3.63, 3.8) is 0 Å². The number of anilines is 1. The molecule has 0 heterocycles. The predicted molar refractivity (Wildman–Crippen MR) is 111 cm³/mol. The highest BCUT2D eigenvalue weighted by Crippen LogP contribution is 2.18. The van der Waals surface area contributed by atoms with E-state index in [-0.39, 0.29) is 10.8 Å². The molecule has 2 aromatic rings. The average molecular weight is 405 g/mol. The van der Waals surface area contributed by atoms with Crippen molar-refractivity contribution in [2.24, 2.45) is 5.92 Å². The molecule has 0 fully saturated rings. The van der Waals surface area contributed by atoms with Gasteiger partial charge >= 0.3 is 0 Å². The van der Waals surface area contributed by atoms with Crippen LogP contribution in [0, 0.1) is 5.92 Å². The Labute approximate surface area is 167 Å². The van der Waals surface area contributed by atoms with Gasteiger partial charge in [-0.3, -0.25) is 4.79 Å². The zero-order chi connectivity index (χ0) is 20.6. The quantitative estimate of drug-likeness (QED) is 0.626. The molecule has 0 aliphatic carbocycles. The Hall–Kier alpha value is -2.38. The summed E-state index contributed by atoms with van der Waals surface area (Å²) in [6.07, 6.45) is 1.66. The Morgan fingerprint density at radius 1 is 1.11 bits per heavy atom. The maximum Gasteiger partial charge on any atom is 0.255 e. The molecule has 152 valence electrons. The minimum absolute atomic E-state index is 0.166. The van der Waals surface area contributed by atoms with Crippen LogP contribution in [-0.2, 0) is 10.0 Å². The van der Waals surface area contributed by atoms with E-state index >= 15 is 0 Å². The largest absolute Gasteiger partial charge is 0.494 e. The molecule has 0 spiro atoms. The summed E-state index contributed by atoms with van der Waals surface area (Å²) in [6.45, 7) is 7.14. The first kappa shape index (κ1) is 21.9. The van der Waals surface area contributed by atoms with Crippen LogP contribution in [0.3, 0.4) is 0 Å². The van der Waals surface area contributed by atoms with E-state index in [1.165, 1.54) is 12.1 Å². The summed E-state index contributed by atoms with van der Waals surface area (Å²) < 4.78 is 32.4. The molecular weight excluding hydrogens is 376 g/mol. The average Bonchev–Trinajstić information content (AvgIpc) is 2.67. The van der Waals surface area contributed by atoms with Crippen molar-refractivity contribution in [3.8, 4) is 5.75 Å². The third-order valence-corrected chi connectivity index (χ3v) is 5.50. The molecule has 28 heavy (non-hydrogen) atoms. The molecule has 7 heteroatoms. The molecule has 0 aliphatic rings. The Kier molecular flexibility index (Phi) is 8.02. The van der Waals surface area contributed by atoms with Crippen molar-refractivity contribution < 1.29 is 17.9 Å². The van der Waals surface area contributed by atoms with Crippen LogP contribution in [0.2, 0.25) is 0 Å². The van der Waals surface area contributed by atoms with Crippen molar-refractivity contribution in [1.29, 1.82) is 0 Å². The van der Waals surface area contributed by atoms with Crippen molar-refractivity contribution in [2.45, 2.75) is 38.5 Å². The van der Waals surface area contributed by atoms with Crippen LogP contribution >= 0.6 is 0 Å². The lowest BCUT2D eigenvalue weighted by atomic mass is 10.1. The Morgan fingerprint density at radius 2 is 1.82 bits per heavy atom. The summed E-state index contributed by atoms with van der Waals surface area (Å²) in [5.74, 6) is 0.918. The lowest BCUT2D eigenvalue weighted by Gasteiger charge is -2.10. The molecule has 2 rings (SSSR count). The van der Waals surface area contributed by atoms with Crippen molar-refractivity contribution in [3.05, 3.63) is 54.1 Å². The Balaban J connectivity index is 2.01. The van der Waals surface area contributed by atoms with E-state index in [2.05, 4.69) is 23.9 Å². The Bertz CT molecular complexity index is 878. The third-order valence-electron chi connectivity index (χ3n) is 4.02. The Morgan fingerprint density at radius 3 is 2.46 bits per heavy atom. The van der Waals surface area contributed by atoms with Crippen LogP contribution in [0.4, 0.5) is 5.69 Å². The summed E-state index contributed by atoms with van der Waals surface area (Å²) in [5, 5.41) is 2.77. The fraction of sp³-hybridized carbons (Fsp3) is 0.381. The number of benzene rings is 2. The van der Waals surface area contributed by atoms with Crippen LogP contribution in [-0.4, -0.2) is 27.5 Å². The topological polar surface area (TPSA) is 84.5 Å². The number of hydrogen-bond donors (Lipinski definition) is 2. The van der Waals surface area contributed by atoms with Crippen LogP contribution in [0.5, 0.6) is 5.75 Å². The smallest absolute Gasteiger partial charge is 0.255 e. The molecule has 6 nitrogen and oxygen atoms in total. The van der Waals surface area contributed by atoms with E-state index in [9.17, 15) is 13.2 Å². The van der Waals surface area contributed by atoms with Gasteiger partial charge in [0.25, 0.3) is 5.91 Å². The number of rotatable bonds is 10. The minimum Gasteiger partial charge on any atom is -0.494 e. The zero-order valence-corrected chi connectivity index (χ0v) is 17.4. The van der Waals surface area contributed by atoms with Gasteiger partial charge < -0.3 is 10.1 Å². The monoisotopic (exact) mass is 404 g/mol. The van der Waals surface area contributed by atoms with Crippen LogP contribution in [0.25, 0.3) is 0 Å². The van der Waals surface area contributed by atoms with Gasteiger partial charge in [0.1, 0.15) is 5.75 Å². The highest BCUT2D eigenvalue weighted by atomic mass is 32.2. The number of hydrogen-bond acceptors (Lipinski definition) is 4. The number of carbonyl (C=O) groups excluding carboxylic acids is 1. The minimum atomic E-state index is -3.52. The molecular formula is C21H28N2O4S. The highest BCUT2D eigenvalue weighted by molar-refractivity contribution is 7.89. The van der Waals surface area contributed by atoms with Crippen molar-refractivity contribution >= 4 is 21.6 Å². The molecule has 0 atom stereocenters. The van der Waals surface area contributed by atoms with E-state index in [0.717, 1.165) is 6.42 Å². The van der Waals surface area contributed by atoms with Gasteiger partial charge in [0.2, 0.25) is 10.0 Å². The maximum atomic E-state index is 12.5. The van der Waals surface area contributed by atoms with E-state index < -0.39 is 10.0 Å². The second-order valence-electron chi connectivity index (χ2n) is 6.94. The molecule has 0 saturated carbocycles. The normalized spacial score (nSPS) is 11.4. The van der Waals surface area contributed by atoms with Gasteiger partial charge in [-0.1, -0.05) is 26.8 Å². The lowest BCUT2D eigenvalue weighted by molar-refractivity contribution is 0.102. The van der Waals surface area contributed by atoms with Crippen LogP contribution < -0.4 is 14.8 Å². The summed E-state index contributed by atoms with van der Waals surface area (Å²) in [4.78, 5) is 12.6. The fourth-order valence-electron chi connectivity index (χ4n) is 2.38. The van der Waals surface area contributed by atoms with Gasteiger partial charge in [-0.2, -0.15) is 0 Å². The fourth-order valence-corrected chi connectivity index (χ4v) is 3.51. The van der Waals surface area contributed by atoms with Gasteiger partial charge in [-0.25, -0.2) is 13.1 Å². The molecule has 2 N–H and O–H groups in total. The summed E-state index contributed by atoms with van der Waals surface area (Å²) >= 11 is 0. The third kappa shape index (κ3) is 6.65. The molecule has 1 amide bonds. The number of nitrogens with one attached hydrogen (secondary N) is 2. The van der Waals surface area contributed by atoms with Crippen molar-refractivity contribution in [2.75, 3.05) is 18.5 Å². The summed E-state index contributed by atoms with van der Waals surface area (Å²) in [7, 11) is -3.52. The van der Waals surface area contributed by atoms with Gasteiger partial charge in [0.05, 0.1) is 11.5 Å². The molecule has 0 bridgehead atoms. The molecule has 0 aliphatic heterocycles. The summed E-state index contributed by atoms with van der Waals surface area (Å²) in [5.41, 5.74) is 0.994. The first-order valence-corrected chi connectivity index (χ1v) is 10.9. The summed E-state index contributed by atoms with van der Waals surface area (Å²) in [6, 6.07) is 13.1. The second kappa shape index (κ2) is 10.2. The number of carbonyl (C=O) groups is 1. The molecule has 0 radical (unpaired) electrons. The molecule has 0 aromatic heterocycles. The van der Waals surface area contributed by atoms with Gasteiger partial charge in [-0.05, 0) is 61.2 Å². The van der Waals surface area contributed by atoms with Crippen LogP contribution in [0.1, 0.15) is 44.0 Å². The van der Waals surface area contributed by atoms with Crippen molar-refractivity contribution in [1.82, 2.24) is 4.72 Å². The van der Waals surface area contributed by atoms with E-state index in [1.54, 1.807) is 30.3 Å². The van der Waals surface area contributed by atoms with E-state index in [0.29, 0.717) is 42.5 Å². The number of amides is 1. The first-order valence-electron chi connectivity index (χ1n) is 9.45. The second-order valence-corrected chi connectivity index (χ2v) is 8.70. The van der Waals surface area contributed by atoms with Gasteiger partial charge in [0.15, 0.2) is 0 Å². The SMILES string of the molecule is CCCNS(=O)(=O)c1ccc(NC(=O)c2cccc(OCCC(C)C)c2)cc1. The number of ether oxygens (including phenoxy) is 1. The van der Waals surface area contributed by atoms with E-state index in [4.69, 9.17) is 4.74 Å². The number of sulfonamides is 1. The first-order chi connectivity index (χ1) is 13.3. The zero-order valence-electron chi connectivity index (χ0n) is 16.6. The van der Waals surface area contributed by atoms with E-state index in [1.807, 2.05) is 13.0 Å². The van der Waals surface area contributed by atoms with Gasteiger partial charge in [-0.15, -0.1) is 0 Å². The predicted octanol–water partition coefficient (Wildman–Crippen LogP) is 4.05. The standard InChI is InChI=1S/C21H28N2O4S/c1-4-13-22-28(25,26)20-10-8-18(9-11-20)23-21(24)17-6-5-7-19(15-17)27-14-12-16(2)3/h5-11,15-16,22H,4,12-14H2,1-3H3,(H,23,24). The molecule has 2 aromatic carbocycles. The van der Waals surface area contributed by atoms with Gasteiger partial charge in [0, 0.05) is 17.8 Å². The molecule has 0 unspecified atom stereocenters. The lowest BCUT2D eigenvalue weighted by Crippen LogP contribution is -2.24. The van der Waals surface area contributed by atoms with Crippen LogP contribution in [0.15, 0.2) is 53.4 Å². The molecule has 0 saturated heterocycles.